The van der Waals surface area contributed by atoms with Gasteiger partial charge in [0.15, 0.2) is 0 Å². The van der Waals surface area contributed by atoms with Gasteiger partial charge in [0, 0.05) is 25.7 Å². The summed E-state index contributed by atoms with van der Waals surface area (Å²) >= 11 is 0. The molecule has 24 heavy (non-hydrogen) atoms. The first kappa shape index (κ1) is 20.1. The molecule has 1 rings (SSSR count). The molecule has 0 radical (unpaired) electrons. The summed E-state index contributed by atoms with van der Waals surface area (Å²) < 4.78 is 0. The summed E-state index contributed by atoms with van der Waals surface area (Å²) in [6.45, 7) is 0. The number of carbonyl (C=O) groups is 6. The molecular weight excluding hydrogens is 312 g/mol. The monoisotopic (exact) mass is 336 g/mol. The van der Waals surface area contributed by atoms with E-state index in [1.807, 2.05) is 0 Å². The molecule has 0 aromatic heterocycles. The molecule has 0 amide bonds. The summed E-state index contributed by atoms with van der Waals surface area (Å²) in [5.74, 6) is -4.38. The third kappa shape index (κ3) is 7.06. The van der Waals surface area contributed by atoms with Crippen LogP contribution in [0.25, 0.3) is 0 Å². The van der Waals surface area contributed by atoms with Crippen molar-refractivity contribution in [1.29, 1.82) is 0 Å². The Morgan fingerprint density at radius 2 is 0.542 bits per heavy atom. The van der Waals surface area contributed by atoms with Crippen molar-refractivity contribution in [3.8, 4) is 0 Å². The van der Waals surface area contributed by atoms with Gasteiger partial charge < -0.3 is 0 Å². The molecule has 1 aliphatic rings. The van der Waals surface area contributed by atoms with E-state index in [0.717, 1.165) is 0 Å². The second kappa shape index (κ2) is 10.7. The molecule has 0 aromatic rings. The van der Waals surface area contributed by atoms with E-state index in [1.165, 1.54) is 0 Å². The Morgan fingerprint density at radius 3 is 0.750 bits per heavy atom. The molecule has 6 heteroatoms. The van der Waals surface area contributed by atoms with E-state index in [-0.39, 0.29) is 25.7 Å². The van der Waals surface area contributed by atoms with Crippen molar-refractivity contribution in [3.05, 3.63) is 0 Å². The molecule has 0 N–H and O–H groups in total. The van der Waals surface area contributed by atoms with Crippen molar-refractivity contribution < 1.29 is 28.8 Å². The summed E-state index contributed by atoms with van der Waals surface area (Å²) in [5.41, 5.74) is 0. The van der Waals surface area contributed by atoms with Gasteiger partial charge in [-0.1, -0.05) is 25.7 Å². The van der Waals surface area contributed by atoms with E-state index >= 15 is 0 Å². The highest BCUT2D eigenvalue weighted by Crippen LogP contribution is 2.11. The summed E-state index contributed by atoms with van der Waals surface area (Å²) in [5, 5.41) is 0. The minimum absolute atomic E-state index is 0.0376. The van der Waals surface area contributed by atoms with Gasteiger partial charge in [-0.15, -0.1) is 0 Å². The van der Waals surface area contributed by atoms with Crippen molar-refractivity contribution in [2.45, 2.75) is 77.0 Å². The molecule has 0 aromatic carbocycles. The summed E-state index contributed by atoms with van der Waals surface area (Å²) in [7, 11) is 0. The van der Waals surface area contributed by atoms with Crippen LogP contribution in [0.2, 0.25) is 0 Å². The van der Waals surface area contributed by atoms with Gasteiger partial charge in [-0.05, 0) is 25.7 Å². The van der Waals surface area contributed by atoms with Crippen LogP contribution >= 0.6 is 0 Å². The van der Waals surface area contributed by atoms with E-state index < -0.39 is 34.7 Å². The molecule has 0 aliphatic heterocycles. The standard InChI is InChI=1S/C18H24O6/c19-13-9-5-1-2-6-10-14(20)18(24)16(22)12-8-4-3-7-11-15(21)17(13)23/h1-12H2. The van der Waals surface area contributed by atoms with Crippen molar-refractivity contribution in [2.24, 2.45) is 0 Å². The molecule has 0 saturated heterocycles. The van der Waals surface area contributed by atoms with E-state index in [2.05, 4.69) is 0 Å². The Hall–Kier alpha value is -1.98. The number of carbonyl (C=O) groups excluding carboxylic acids is 6. The van der Waals surface area contributed by atoms with Gasteiger partial charge in [-0.3, -0.25) is 28.8 Å². The highest BCUT2D eigenvalue weighted by Gasteiger charge is 2.23. The topological polar surface area (TPSA) is 102 Å². The van der Waals surface area contributed by atoms with Crippen LogP contribution in [0.4, 0.5) is 0 Å². The maximum atomic E-state index is 11.6. The second-order valence-corrected chi connectivity index (χ2v) is 6.18. The van der Waals surface area contributed by atoms with Gasteiger partial charge in [0.1, 0.15) is 0 Å². The third-order valence-electron chi connectivity index (χ3n) is 4.13. The predicted molar refractivity (Wildman–Crippen MR) is 85.4 cm³/mol. The normalized spacial score (nSPS) is 21.5. The van der Waals surface area contributed by atoms with Crippen molar-refractivity contribution in [2.75, 3.05) is 0 Å². The Kier molecular flexibility index (Phi) is 8.97. The molecule has 0 unspecified atom stereocenters. The lowest BCUT2D eigenvalue weighted by atomic mass is 9.98. The maximum Gasteiger partial charge on any atom is 0.264 e. The van der Waals surface area contributed by atoms with Crippen molar-refractivity contribution >= 4 is 34.7 Å². The van der Waals surface area contributed by atoms with E-state index in [4.69, 9.17) is 0 Å². The molecule has 6 nitrogen and oxygen atoms in total. The molecule has 0 bridgehead atoms. The number of hydrogen-bond donors (Lipinski definition) is 0. The second-order valence-electron chi connectivity index (χ2n) is 6.18. The van der Waals surface area contributed by atoms with Crippen LogP contribution in [0.1, 0.15) is 77.0 Å². The van der Waals surface area contributed by atoms with E-state index in [9.17, 15) is 28.8 Å². The molecule has 1 aliphatic carbocycles. The van der Waals surface area contributed by atoms with Crippen LogP contribution in [-0.2, 0) is 28.8 Å². The van der Waals surface area contributed by atoms with Gasteiger partial charge in [0.25, 0.3) is 11.6 Å². The Balaban J connectivity index is 2.56. The molecule has 0 heterocycles. The fourth-order valence-corrected chi connectivity index (χ4v) is 2.61. The maximum absolute atomic E-state index is 11.6. The SMILES string of the molecule is O=C1CCCCCCC(=O)C(=O)C(=O)CCCCCCC(=O)C1=O. The van der Waals surface area contributed by atoms with Crippen molar-refractivity contribution in [3.63, 3.8) is 0 Å². The number of Topliss-reactive ketones (excluding diaryl/α,β-unsaturated/α-hetero) is 6. The molecule has 132 valence electrons. The smallest absolute Gasteiger partial charge is 0.264 e. The van der Waals surface area contributed by atoms with Crippen LogP contribution in [0, 0.1) is 0 Å². The van der Waals surface area contributed by atoms with Crippen LogP contribution < -0.4 is 0 Å². The quantitative estimate of drug-likeness (QED) is 0.628. The van der Waals surface area contributed by atoms with Gasteiger partial charge in [-0.25, -0.2) is 0 Å². The molecule has 1 fully saturated rings. The van der Waals surface area contributed by atoms with E-state index in [1.54, 1.807) is 0 Å². The first-order valence-corrected chi connectivity index (χ1v) is 8.64. The number of ketones is 6. The van der Waals surface area contributed by atoms with Gasteiger partial charge in [0.05, 0.1) is 0 Å². The van der Waals surface area contributed by atoms with Crippen molar-refractivity contribution in [1.82, 2.24) is 0 Å². The zero-order chi connectivity index (χ0) is 17.9. The van der Waals surface area contributed by atoms with Crippen LogP contribution in [0.5, 0.6) is 0 Å². The summed E-state index contributed by atoms with van der Waals surface area (Å²) in [4.78, 5) is 69.8. The Morgan fingerprint density at radius 1 is 0.333 bits per heavy atom. The average Bonchev–Trinajstić information content (AvgIpc) is 2.57. The fraction of sp³-hybridized carbons (Fsp3) is 0.667. The minimum Gasteiger partial charge on any atom is -0.290 e. The number of hydrogen-bond acceptors (Lipinski definition) is 6. The van der Waals surface area contributed by atoms with Gasteiger partial charge in [-0.2, -0.15) is 0 Å². The number of rotatable bonds is 0. The first-order chi connectivity index (χ1) is 11.4. The highest BCUT2D eigenvalue weighted by molar-refractivity contribution is 6.64. The molecule has 1 saturated carbocycles. The molecule has 0 atom stereocenters. The Bertz CT molecular complexity index is 440. The predicted octanol–water partition coefficient (Wildman–Crippen LogP) is 2.10. The summed E-state index contributed by atoms with van der Waals surface area (Å²) in [6.07, 6.45) is 4.55. The zero-order valence-electron chi connectivity index (χ0n) is 13.9. The van der Waals surface area contributed by atoms with Crippen LogP contribution in [-0.4, -0.2) is 34.7 Å². The average molecular weight is 336 g/mol. The molecule has 0 spiro atoms. The largest absolute Gasteiger partial charge is 0.290 e. The lowest BCUT2D eigenvalue weighted by Gasteiger charge is -2.04. The minimum atomic E-state index is -0.910. The lowest BCUT2D eigenvalue weighted by Crippen LogP contribution is -2.24. The lowest BCUT2D eigenvalue weighted by molar-refractivity contribution is -0.144. The van der Waals surface area contributed by atoms with Gasteiger partial charge in [0.2, 0.25) is 23.1 Å². The summed E-state index contributed by atoms with van der Waals surface area (Å²) in [6, 6.07) is 0. The zero-order valence-corrected chi connectivity index (χ0v) is 13.9. The highest BCUT2D eigenvalue weighted by atomic mass is 16.2. The van der Waals surface area contributed by atoms with Crippen LogP contribution in [0.3, 0.4) is 0 Å². The molecular formula is C18H24O6. The first-order valence-electron chi connectivity index (χ1n) is 8.64. The Labute approximate surface area is 141 Å². The van der Waals surface area contributed by atoms with E-state index in [0.29, 0.717) is 51.4 Å². The third-order valence-corrected chi connectivity index (χ3v) is 4.13. The van der Waals surface area contributed by atoms with Crippen LogP contribution in [0.15, 0.2) is 0 Å². The fourth-order valence-electron chi connectivity index (χ4n) is 2.61. The van der Waals surface area contributed by atoms with Gasteiger partial charge >= 0.3 is 0 Å².